The molecule has 1 heterocycles. The third-order valence-electron chi connectivity index (χ3n) is 2.33. The van der Waals surface area contributed by atoms with E-state index in [0.29, 0.717) is 25.2 Å². The summed E-state index contributed by atoms with van der Waals surface area (Å²) in [5, 5.41) is 8.38. The smallest absolute Gasteiger partial charge is 0.259 e. The van der Waals surface area contributed by atoms with Crippen LogP contribution in [0.4, 0.5) is 0 Å². The van der Waals surface area contributed by atoms with Crippen LogP contribution in [0.2, 0.25) is 0 Å². The Kier molecular flexibility index (Phi) is 4.66. The molecule has 0 radical (unpaired) electrons. The van der Waals surface area contributed by atoms with E-state index >= 15 is 0 Å². The molecule has 0 amide bonds. The number of nitrogens with one attached hydrogen (secondary N) is 1. The molecule has 1 N–H and O–H groups in total. The number of nitriles is 1. The number of sulfonamides is 1. The van der Waals surface area contributed by atoms with Gasteiger partial charge in [0.15, 0.2) is 5.03 Å². The van der Waals surface area contributed by atoms with Crippen LogP contribution >= 0.6 is 0 Å². The fourth-order valence-corrected chi connectivity index (χ4v) is 2.46. The van der Waals surface area contributed by atoms with Crippen molar-refractivity contribution in [2.75, 3.05) is 6.54 Å². The van der Waals surface area contributed by atoms with Crippen LogP contribution in [0, 0.1) is 18.3 Å². The van der Waals surface area contributed by atoms with Crippen LogP contribution in [-0.2, 0) is 16.6 Å². The first-order valence-electron chi connectivity index (χ1n) is 5.41. The first-order chi connectivity index (χ1) is 8.01. The number of hydrogen-bond donors (Lipinski definition) is 1. The number of nitrogens with zero attached hydrogens (tertiary/aromatic N) is 3. The van der Waals surface area contributed by atoms with Gasteiger partial charge in [0.05, 0.1) is 6.07 Å². The summed E-state index contributed by atoms with van der Waals surface area (Å²) in [6.45, 7) is 4.63. The van der Waals surface area contributed by atoms with E-state index in [1.54, 1.807) is 11.5 Å². The van der Waals surface area contributed by atoms with E-state index < -0.39 is 10.0 Å². The van der Waals surface area contributed by atoms with Gasteiger partial charge in [-0.1, -0.05) is 0 Å². The zero-order chi connectivity index (χ0) is 12.9. The molecule has 0 aliphatic rings. The molecule has 6 nitrogen and oxygen atoms in total. The van der Waals surface area contributed by atoms with E-state index in [1.165, 1.54) is 6.20 Å². The molecule has 0 atom stereocenters. The van der Waals surface area contributed by atoms with Crippen molar-refractivity contribution in [1.82, 2.24) is 14.3 Å². The number of aryl methyl sites for hydroxylation is 2. The van der Waals surface area contributed by atoms with Crippen molar-refractivity contribution in [2.45, 2.75) is 38.3 Å². The standard InChI is InChI=1S/C10H16N4O2S/c1-3-14-8-10(13-9(14)2)17(15,16)12-7-5-4-6-11/h8,12H,3-5,7H2,1-2H3. The molecule has 1 rings (SSSR count). The molecular weight excluding hydrogens is 240 g/mol. The third-order valence-corrected chi connectivity index (χ3v) is 3.66. The van der Waals surface area contributed by atoms with E-state index in [1.807, 2.05) is 13.0 Å². The fourth-order valence-electron chi connectivity index (χ4n) is 1.38. The molecule has 94 valence electrons. The average Bonchev–Trinajstić information content (AvgIpc) is 2.67. The summed E-state index contributed by atoms with van der Waals surface area (Å²) >= 11 is 0. The van der Waals surface area contributed by atoms with Gasteiger partial charge in [-0.2, -0.15) is 5.26 Å². The minimum atomic E-state index is -3.54. The fraction of sp³-hybridized carbons (Fsp3) is 0.600. The number of rotatable bonds is 6. The van der Waals surface area contributed by atoms with Crippen LogP contribution in [0.5, 0.6) is 0 Å². The SMILES string of the molecule is CCn1cc(S(=O)(=O)NCCCC#N)nc1C. The zero-order valence-electron chi connectivity index (χ0n) is 9.97. The van der Waals surface area contributed by atoms with Gasteiger partial charge in [-0.25, -0.2) is 18.1 Å². The first-order valence-corrected chi connectivity index (χ1v) is 6.90. The Morgan fingerprint density at radius 1 is 1.59 bits per heavy atom. The lowest BCUT2D eigenvalue weighted by atomic mass is 10.3. The van der Waals surface area contributed by atoms with Gasteiger partial charge in [-0.15, -0.1) is 0 Å². The summed E-state index contributed by atoms with van der Waals surface area (Å²) in [6.07, 6.45) is 2.36. The number of hydrogen-bond acceptors (Lipinski definition) is 4. The third kappa shape index (κ3) is 3.54. The predicted molar refractivity (Wildman–Crippen MR) is 62.7 cm³/mol. The Labute approximate surface area is 101 Å². The second-order valence-electron chi connectivity index (χ2n) is 3.57. The normalized spacial score (nSPS) is 11.4. The van der Waals surface area contributed by atoms with Crippen LogP contribution in [0.3, 0.4) is 0 Å². The highest BCUT2D eigenvalue weighted by molar-refractivity contribution is 7.89. The number of imidazole rings is 1. The highest BCUT2D eigenvalue weighted by Gasteiger charge is 2.17. The minimum absolute atomic E-state index is 0.0359. The monoisotopic (exact) mass is 256 g/mol. The quantitative estimate of drug-likeness (QED) is 0.762. The second-order valence-corrected chi connectivity index (χ2v) is 5.29. The molecule has 0 saturated heterocycles. The number of unbranched alkanes of at least 4 members (excludes halogenated alkanes) is 1. The molecule has 0 aliphatic heterocycles. The van der Waals surface area contributed by atoms with Crippen LogP contribution in [0.15, 0.2) is 11.2 Å². The van der Waals surface area contributed by atoms with E-state index in [2.05, 4.69) is 9.71 Å². The maximum atomic E-state index is 11.8. The van der Waals surface area contributed by atoms with Gasteiger partial charge in [0, 0.05) is 25.7 Å². The van der Waals surface area contributed by atoms with E-state index in [0.717, 1.165) is 0 Å². The Hall–Kier alpha value is -1.39. The van der Waals surface area contributed by atoms with Crippen molar-refractivity contribution in [3.8, 4) is 6.07 Å². The molecule has 0 aromatic carbocycles. The highest BCUT2D eigenvalue weighted by Crippen LogP contribution is 2.08. The van der Waals surface area contributed by atoms with Gasteiger partial charge < -0.3 is 4.57 Å². The molecule has 0 aliphatic carbocycles. The molecule has 1 aromatic heterocycles. The molecule has 0 unspecified atom stereocenters. The second kappa shape index (κ2) is 5.80. The van der Waals surface area contributed by atoms with Crippen LogP contribution in [0.25, 0.3) is 0 Å². The largest absolute Gasteiger partial charge is 0.334 e. The van der Waals surface area contributed by atoms with Gasteiger partial charge in [-0.05, 0) is 20.3 Å². The van der Waals surface area contributed by atoms with Crippen molar-refractivity contribution in [2.24, 2.45) is 0 Å². The lowest BCUT2D eigenvalue weighted by Crippen LogP contribution is -2.25. The maximum Gasteiger partial charge on any atom is 0.259 e. The highest BCUT2D eigenvalue weighted by atomic mass is 32.2. The Morgan fingerprint density at radius 3 is 2.82 bits per heavy atom. The summed E-state index contributed by atoms with van der Waals surface area (Å²) in [5.74, 6) is 0.671. The van der Waals surface area contributed by atoms with Crippen LogP contribution in [0.1, 0.15) is 25.6 Å². The van der Waals surface area contributed by atoms with Gasteiger partial charge in [0.25, 0.3) is 10.0 Å². The molecule has 7 heteroatoms. The van der Waals surface area contributed by atoms with Crippen molar-refractivity contribution < 1.29 is 8.42 Å². The zero-order valence-corrected chi connectivity index (χ0v) is 10.8. The van der Waals surface area contributed by atoms with Crippen LogP contribution in [-0.4, -0.2) is 24.5 Å². The van der Waals surface area contributed by atoms with E-state index in [4.69, 9.17) is 5.26 Å². The van der Waals surface area contributed by atoms with Crippen molar-refractivity contribution in [3.63, 3.8) is 0 Å². The minimum Gasteiger partial charge on any atom is -0.334 e. The maximum absolute atomic E-state index is 11.8. The summed E-state index contributed by atoms with van der Waals surface area (Å²) < 4.78 is 27.8. The van der Waals surface area contributed by atoms with Crippen molar-refractivity contribution in [1.29, 1.82) is 5.26 Å². The topological polar surface area (TPSA) is 87.8 Å². The van der Waals surface area contributed by atoms with Gasteiger partial charge in [0.1, 0.15) is 5.82 Å². The van der Waals surface area contributed by atoms with Gasteiger partial charge in [0.2, 0.25) is 0 Å². The van der Waals surface area contributed by atoms with E-state index in [-0.39, 0.29) is 11.6 Å². The van der Waals surface area contributed by atoms with Gasteiger partial charge in [-0.3, -0.25) is 0 Å². The predicted octanol–water partition coefficient (Wildman–Crippen LogP) is 0.793. The molecule has 0 saturated carbocycles. The summed E-state index contributed by atoms with van der Waals surface area (Å²) in [6, 6.07) is 1.96. The summed E-state index contributed by atoms with van der Waals surface area (Å²) in [5.41, 5.74) is 0. The molecule has 17 heavy (non-hydrogen) atoms. The van der Waals surface area contributed by atoms with Crippen LogP contribution < -0.4 is 4.72 Å². The Bertz CT molecular complexity index is 513. The average molecular weight is 256 g/mol. The lowest BCUT2D eigenvalue weighted by Gasteiger charge is -2.01. The van der Waals surface area contributed by atoms with Gasteiger partial charge >= 0.3 is 0 Å². The molecule has 1 aromatic rings. The molecular formula is C10H16N4O2S. The molecule has 0 bridgehead atoms. The number of aromatic nitrogens is 2. The molecule has 0 spiro atoms. The molecule has 0 fully saturated rings. The Balaban J connectivity index is 2.73. The van der Waals surface area contributed by atoms with Crippen molar-refractivity contribution >= 4 is 10.0 Å². The summed E-state index contributed by atoms with van der Waals surface area (Å²) in [4.78, 5) is 4.00. The summed E-state index contributed by atoms with van der Waals surface area (Å²) in [7, 11) is -3.54. The van der Waals surface area contributed by atoms with E-state index in [9.17, 15) is 8.42 Å². The Morgan fingerprint density at radius 2 is 2.29 bits per heavy atom. The van der Waals surface area contributed by atoms with Crippen molar-refractivity contribution in [3.05, 3.63) is 12.0 Å². The first kappa shape index (κ1) is 13.7. The lowest BCUT2D eigenvalue weighted by molar-refractivity contribution is 0.576.